The minimum Gasteiger partial charge on any atom is -0.289 e. The lowest BCUT2D eigenvalue weighted by atomic mass is 10.3. The third-order valence-electron chi connectivity index (χ3n) is 3.47. The van der Waals surface area contributed by atoms with Crippen LogP contribution in [0.15, 0.2) is 47.7 Å². The number of fused-ring (bicyclic) bond motifs is 1. The Morgan fingerprint density at radius 1 is 1.30 bits per heavy atom. The molecule has 0 aliphatic carbocycles. The number of nitrogens with zero attached hydrogens (tertiary/aromatic N) is 5. The second-order valence-electron chi connectivity index (χ2n) is 5.11. The van der Waals surface area contributed by atoms with Gasteiger partial charge in [0.15, 0.2) is 5.65 Å². The second kappa shape index (κ2) is 5.91. The highest BCUT2D eigenvalue weighted by Gasteiger charge is 2.12. The van der Waals surface area contributed by atoms with Crippen LogP contribution in [0.25, 0.3) is 11.0 Å². The number of aryl methyl sites for hydroxylation is 1. The van der Waals surface area contributed by atoms with Crippen molar-refractivity contribution in [3.8, 4) is 0 Å². The molecule has 0 atom stereocenters. The van der Waals surface area contributed by atoms with Crippen LogP contribution >= 0.6 is 0 Å². The highest BCUT2D eigenvalue weighted by Crippen LogP contribution is 2.08. The van der Waals surface area contributed by atoms with Crippen LogP contribution in [-0.4, -0.2) is 32.3 Å². The summed E-state index contributed by atoms with van der Waals surface area (Å²) in [5.41, 5.74) is 3.76. The van der Waals surface area contributed by atoms with Gasteiger partial charge < -0.3 is 0 Å². The average Bonchev–Trinajstić information content (AvgIpc) is 2.93. The Balaban J connectivity index is 1.75. The van der Waals surface area contributed by atoms with Crippen molar-refractivity contribution in [1.82, 2.24) is 24.8 Å². The summed E-state index contributed by atoms with van der Waals surface area (Å²) >= 11 is 0. The summed E-state index contributed by atoms with van der Waals surface area (Å²) in [5.74, 6) is -0.316. The SMILES string of the molecule is CN(NC(=O)Cn1cnc2c(cnn2C)c1=O)c1ccccc1. The van der Waals surface area contributed by atoms with Gasteiger partial charge in [-0.05, 0) is 12.1 Å². The summed E-state index contributed by atoms with van der Waals surface area (Å²) in [4.78, 5) is 28.6. The van der Waals surface area contributed by atoms with Crippen molar-refractivity contribution in [3.63, 3.8) is 0 Å². The zero-order valence-electron chi connectivity index (χ0n) is 12.8. The van der Waals surface area contributed by atoms with E-state index < -0.39 is 0 Å². The number of amides is 1. The van der Waals surface area contributed by atoms with E-state index in [9.17, 15) is 9.59 Å². The van der Waals surface area contributed by atoms with E-state index in [1.807, 2.05) is 30.3 Å². The maximum atomic E-state index is 12.3. The lowest BCUT2D eigenvalue weighted by molar-refractivity contribution is -0.121. The molecule has 8 heteroatoms. The number of carbonyl (C=O) groups excluding carboxylic acids is 1. The molecular weight excluding hydrogens is 296 g/mol. The second-order valence-corrected chi connectivity index (χ2v) is 5.11. The van der Waals surface area contributed by atoms with E-state index in [0.29, 0.717) is 11.0 Å². The van der Waals surface area contributed by atoms with Crippen molar-refractivity contribution in [1.29, 1.82) is 0 Å². The molecule has 0 bridgehead atoms. The number of hydrogen-bond acceptors (Lipinski definition) is 5. The molecule has 3 rings (SSSR count). The van der Waals surface area contributed by atoms with E-state index in [4.69, 9.17) is 0 Å². The molecule has 1 amide bonds. The maximum absolute atomic E-state index is 12.3. The van der Waals surface area contributed by atoms with E-state index in [1.165, 1.54) is 21.8 Å². The van der Waals surface area contributed by atoms with Crippen molar-refractivity contribution in [2.75, 3.05) is 12.1 Å². The molecule has 0 aliphatic heterocycles. The van der Waals surface area contributed by atoms with Gasteiger partial charge in [-0.15, -0.1) is 0 Å². The fourth-order valence-corrected chi connectivity index (χ4v) is 2.27. The van der Waals surface area contributed by atoms with Gasteiger partial charge >= 0.3 is 0 Å². The van der Waals surface area contributed by atoms with Crippen LogP contribution in [0, 0.1) is 0 Å². The predicted molar refractivity (Wildman–Crippen MR) is 85.8 cm³/mol. The van der Waals surface area contributed by atoms with E-state index in [2.05, 4.69) is 15.5 Å². The normalized spacial score (nSPS) is 10.7. The van der Waals surface area contributed by atoms with E-state index in [-0.39, 0.29) is 18.0 Å². The van der Waals surface area contributed by atoms with Gasteiger partial charge in [0, 0.05) is 14.1 Å². The van der Waals surface area contributed by atoms with E-state index in [1.54, 1.807) is 19.1 Å². The van der Waals surface area contributed by atoms with Gasteiger partial charge in [0.2, 0.25) is 0 Å². The van der Waals surface area contributed by atoms with E-state index in [0.717, 1.165) is 5.69 Å². The molecule has 0 saturated carbocycles. The van der Waals surface area contributed by atoms with Crippen LogP contribution in [-0.2, 0) is 18.4 Å². The molecule has 1 N–H and O–H groups in total. The summed E-state index contributed by atoms with van der Waals surface area (Å²) in [5, 5.41) is 5.99. The zero-order chi connectivity index (χ0) is 16.4. The van der Waals surface area contributed by atoms with Crippen LogP contribution in [0.4, 0.5) is 5.69 Å². The van der Waals surface area contributed by atoms with Crippen LogP contribution in [0.3, 0.4) is 0 Å². The molecule has 0 saturated heterocycles. The van der Waals surface area contributed by atoms with Gasteiger partial charge in [-0.3, -0.25) is 29.3 Å². The van der Waals surface area contributed by atoms with Crippen molar-refractivity contribution >= 4 is 22.6 Å². The molecule has 118 valence electrons. The molecule has 0 spiro atoms. The topological polar surface area (TPSA) is 85.1 Å². The Morgan fingerprint density at radius 3 is 2.78 bits per heavy atom. The fourth-order valence-electron chi connectivity index (χ4n) is 2.27. The summed E-state index contributed by atoms with van der Waals surface area (Å²) < 4.78 is 2.78. The Hall–Kier alpha value is -3.16. The number of nitrogens with one attached hydrogen (secondary N) is 1. The standard InChI is InChI=1S/C15H16N6O2/c1-19(11-6-4-3-5-7-11)18-13(22)9-21-10-16-14-12(15(21)23)8-17-20(14)2/h3-8,10H,9H2,1-2H3,(H,18,22). The number of benzene rings is 1. The molecule has 3 aromatic rings. The Labute approximate surface area is 131 Å². The predicted octanol–water partition coefficient (Wildman–Crippen LogP) is 0.298. The number of carbonyl (C=O) groups is 1. The molecule has 0 unspecified atom stereocenters. The number of anilines is 1. The molecule has 23 heavy (non-hydrogen) atoms. The van der Waals surface area contributed by atoms with Crippen molar-refractivity contribution in [3.05, 3.63) is 53.2 Å². The first-order valence-electron chi connectivity index (χ1n) is 7.01. The molecule has 0 aliphatic rings. The van der Waals surface area contributed by atoms with Crippen LogP contribution in [0.1, 0.15) is 0 Å². The lowest BCUT2D eigenvalue weighted by Gasteiger charge is -2.20. The van der Waals surface area contributed by atoms with Crippen molar-refractivity contribution in [2.45, 2.75) is 6.54 Å². The maximum Gasteiger partial charge on any atom is 0.264 e. The summed E-state index contributed by atoms with van der Waals surface area (Å²) in [6, 6.07) is 9.39. The first-order chi connectivity index (χ1) is 11.1. The molecule has 0 fully saturated rings. The van der Waals surface area contributed by atoms with Gasteiger partial charge in [0.25, 0.3) is 11.5 Å². The highest BCUT2D eigenvalue weighted by molar-refractivity contribution is 5.78. The number of rotatable bonds is 4. The third-order valence-corrected chi connectivity index (χ3v) is 3.47. The molecule has 0 radical (unpaired) electrons. The minimum absolute atomic E-state index is 0.117. The van der Waals surface area contributed by atoms with Gasteiger partial charge in [0.1, 0.15) is 18.3 Å². The summed E-state index contributed by atoms with van der Waals surface area (Å²) in [6.07, 6.45) is 2.81. The molecule has 2 heterocycles. The third kappa shape index (κ3) is 2.91. The van der Waals surface area contributed by atoms with Gasteiger partial charge in [-0.25, -0.2) is 4.98 Å². The Bertz CT molecular complexity index is 899. The number of hydrogen-bond donors (Lipinski definition) is 1. The number of aromatic nitrogens is 4. The van der Waals surface area contributed by atoms with Crippen molar-refractivity contribution in [2.24, 2.45) is 7.05 Å². The monoisotopic (exact) mass is 312 g/mol. The summed E-state index contributed by atoms with van der Waals surface area (Å²) in [7, 11) is 3.44. The number of hydrazine groups is 1. The molecular formula is C15H16N6O2. The quantitative estimate of drug-likeness (QED) is 0.700. The van der Waals surface area contributed by atoms with Gasteiger partial charge in [0.05, 0.1) is 11.9 Å². The Kier molecular flexibility index (Phi) is 3.80. The molecule has 1 aromatic carbocycles. The molecule has 2 aromatic heterocycles. The van der Waals surface area contributed by atoms with E-state index >= 15 is 0 Å². The zero-order valence-corrected chi connectivity index (χ0v) is 12.8. The van der Waals surface area contributed by atoms with Gasteiger partial charge in [-0.2, -0.15) is 5.10 Å². The average molecular weight is 312 g/mol. The van der Waals surface area contributed by atoms with Crippen LogP contribution < -0.4 is 16.0 Å². The number of para-hydroxylation sites is 1. The highest BCUT2D eigenvalue weighted by atomic mass is 16.2. The lowest BCUT2D eigenvalue weighted by Crippen LogP contribution is -2.42. The van der Waals surface area contributed by atoms with Crippen LogP contribution in [0.2, 0.25) is 0 Å². The van der Waals surface area contributed by atoms with Crippen LogP contribution in [0.5, 0.6) is 0 Å². The van der Waals surface area contributed by atoms with Crippen molar-refractivity contribution < 1.29 is 4.79 Å². The van der Waals surface area contributed by atoms with Gasteiger partial charge in [-0.1, -0.05) is 18.2 Å². The fraction of sp³-hybridized carbons (Fsp3) is 0.200. The largest absolute Gasteiger partial charge is 0.289 e. The minimum atomic E-state index is -0.316. The first-order valence-corrected chi connectivity index (χ1v) is 7.01. The first kappa shape index (κ1) is 14.8. The Morgan fingerprint density at radius 2 is 2.04 bits per heavy atom. The molecule has 8 nitrogen and oxygen atoms in total. The summed E-state index contributed by atoms with van der Waals surface area (Å²) in [6.45, 7) is -0.117. The smallest absolute Gasteiger partial charge is 0.264 e.